The maximum Gasteiger partial charge on any atom is 0.317 e. The average Bonchev–Trinajstić information content (AvgIpc) is 2.99. The van der Waals surface area contributed by atoms with Crippen molar-refractivity contribution in [2.75, 3.05) is 13.1 Å². The Morgan fingerprint density at radius 1 is 1.41 bits per heavy atom. The van der Waals surface area contributed by atoms with Gasteiger partial charge in [0.1, 0.15) is 0 Å². The Bertz CT molecular complexity index is 831. The number of aliphatic carboxylic acids is 1. The van der Waals surface area contributed by atoms with E-state index in [1.807, 2.05) is 37.2 Å². The van der Waals surface area contributed by atoms with E-state index < -0.39 is 5.97 Å². The number of nitrogens with zero attached hydrogens (tertiary/aromatic N) is 4. The molecule has 7 heteroatoms. The van der Waals surface area contributed by atoms with Gasteiger partial charge in [0.2, 0.25) is 0 Å². The highest BCUT2D eigenvalue weighted by Crippen LogP contribution is 2.27. The van der Waals surface area contributed by atoms with Crippen LogP contribution in [-0.4, -0.2) is 50.9 Å². The molecule has 1 aliphatic carbocycles. The lowest BCUT2D eigenvalue weighted by atomic mass is 9.85. The number of rotatable bonds is 8. The smallest absolute Gasteiger partial charge is 0.317 e. The van der Waals surface area contributed by atoms with Crippen molar-refractivity contribution in [3.8, 4) is 17.3 Å². The molecule has 1 aromatic heterocycles. The first kappa shape index (κ1) is 19.1. The summed E-state index contributed by atoms with van der Waals surface area (Å²) < 4.78 is 1.81. The van der Waals surface area contributed by atoms with E-state index >= 15 is 0 Å². The lowest BCUT2D eigenvalue weighted by Gasteiger charge is -2.42. The van der Waals surface area contributed by atoms with E-state index in [9.17, 15) is 4.79 Å². The SMILES string of the molecule is CCN(CC(=O)O)C1CC(NCc2cn(C)nc2-c2ccc(C#N)cc2)C1. The number of nitrogens with one attached hydrogen (secondary N) is 1. The fraction of sp³-hybridized carbons (Fsp3) is 0.450. The highest BCUT2D eigenvalue weighted by molar-refractivity contribution is 5.69. The zero-order valence-electron chi connectivity index (χ0n) is 15.7. The van der Waals surface area contributed by atoms with Crippen molar-refractivity contribution >= 4 is 5.97 Å². The molecular formula is C20H25N5O2. The van der Waals surface area contributed by atoms with Gasteiger partial charge < -0.3 is 10.4 Å². The first-order chi connectivity index (χ1) is 13.0. The second kappa shape index (κ2) is 8.33. The van der Waals surface area contributed by atoms with Crippen LogP contribution in [0, 0.1) is 11.3 Å². The van der Waals surface area contributed by atoms with Crippen LogP contribution in [0.4, 0.5) is 0 Å². The van der Waals surface area contributed by atoms with Crippen molar-refractivity contribution in [1.29, 1.82) is 5.26 Å². The molecule has 1 aromatic carbocycles. The largest absolute Gasteiger partial charge is 0.480 e. The molecule has 0 amide bonds. The van der Waals surface area contributed by atoms with E-state index in [1.54, 1.807) is 16.8 Å². The summed E-state index contributed by atoms with van der Waals surface area (Å²) in [6.45, 7) is 3.59. The zero-order valence-corrected chi connectivity index (χ0v) is 15.7. The summed E-state index contributed by atoms with van der Waals surface area (Å²) in [7, 11) is 1.90. The average molecular weight is 367 g/mol. The molecule has 0 bridgehead atoms. The van der Waals surface area contributed by atoms with E-state index in [2.05, 4.69) is 16.5 Å². The van der Waals surface area contributed by atoms with Gasteiger partial charge in [-0.05, 0) is 31.5 Å². The zero-order chi connectivity index (χ0) is 19.4. The van der Waals surface area contributed by atoms with Gasteiger partial charge in [-0.1, -0.05) is 19.1 Å². The van der Waals surface area contributed by atoms with Crippen LogP contribution in [0.25, 0.3) is 11.3 Å². The molecule has 27 heavy (non-hydrogen) atoms. The molecule has 0 aliphatic heterocycles. The monoisotopic (exact) mass is 367 g/mol. The molecule has 1 heterocycles. The maximum absolute atomic E-state index is 10.9. The second-order valence-corrected chi connectivity index (χ2v) is 7.03. The van der Waals surface area contributed by atoms with Gasteiger partial charge in [-0.15, -0.1) is 0 Å². The first-order valence-electron chi connectivity index (χ1n) is 9.22. The van der Waals surface area contributed by atoms with E-state index in [0.29, 0.717) is 24.2 Å². The lowest BCUT2D eigenvalue weighted by molar-refractivity contribution is -0.139. The highest BCUT2D eigenvalue weighted by Gasteiger charge is 2.33. The number of likely N-dealkylation sites (N-methyl/N-ethyl adjacent to an activating group) is 1. The van der Waals surface area contributed by atoms with Gasteiger partial charge in [-0.3, -0.25) is 14.4 Å². The van der Waals surface area contributed by atoms with E-state index in [-0.39, 0.29) is 6.54 Å². The molecule has 3 rings (SSSR count). The normalized spacial score (nSPS) is 18.9. The van der Waals surface area contributed by atoms with E-state index in [1.165, 1.54) is 0 Å². The Morgan fingerprint density at radius 2 is 2.11 bits per heavy atom. The van der Waals surface area contributed by atoms with Crippen LogP contribution < -0.4 is 5.32 Å². The van der Waals surface area contributed by atoms with Crippen molar-refractivity contribution < 1.29 is 9.90 Å². The van der Waals surface area contributed by atoms with Crippen LogP contribution in [0.5, 0.6) is 0 Å². The topological polar surface area (TPSA) is 94.2 Å². The molecule has 1 aliphatic rings. The summed E-state index contributed by atoms with van der Waals surface area (Å²) in [4.78, 5) is 13.0. The third-order valence-corrected chi connectivity index (χ3v) is 5.15. The van der Waals surface area contributed by atoms with Crippen LogP contribution in [0.2, 0.25) is 0 Å². The third kappa shape index (κ3) is 4.54. The molecule has 142 valence electrons. The number of benzene rings is 1. The summed E-state index contributed by atoms with van der Waals surface area (Å²) in [5.41, 5.74) is 3.67. The van der Waals surface area contributed by atoms with Gasteiger partial charge in [0.05, 0.1) is 23.9 Å². The Kier molecular flexibility index (Phi) is 5.89. The summed E-state index contributed by atoms with van der Waals surface area (Å²) >= 11 is 0. The molecule has 0 unspecified atom stereocenters. The minimum Gasteiger partial charge on any atom is -0.480 e. The van der Waals surface area contributed by atoms with Crippen molar-refractivity contribution in [3.05, 3.63) is 41.6 Å². The summed E-state index contributed by atoms with van der Waals surface area (Å²) in [6.07, 6.45) is 3.95. The van der Waals surface area contributed by atoms with Crippen molar-refractivity contribution in [1.82, 2.24) is 20.0 Å². The fourth-order valence-corrected chi connectivity index (χ4v) is 3.59. The molecule has 2 N–H and O–H groups in total. The lowest BCUT2D eigenvalue weighted by Crippen LogP contribution is -2.53. The standard InChI is InChI=1S/C20H25N5O2/c1-3-25(13-19(26)27)18-8-17(9-18)22-11-16-12-24(2)23-20(16)15-6-4-14(10-21)5-7-15/h4-7,12,17-18,22H,3,8-9,11,13H2,1-2H3,(H,26,27). The van der Waals surface area contributed by atoms with E-state index in [0.717, 1.165) is 36.2 Å². The molecule has 1 fully saturated rings. The van der Waals surface area contributed by atoms with Crippen LogP contribution in [0.15, 0.2) is 30.5 Å². The molecule has 2 aromatic rings. The predicted octanol–water partition coefficient (Wildman–Crippen LogP) is 1.99. The third-order valence-electron chi connectivity index (χ3n) is 5.15. The number of carboxylic acids is 1. The van der Waals surface area contributed by atoms with Crippen LogP contribution in [0.3, 0.4) is 0 Å². The maximum atomic E-state index is 10.9. The molecule has 0 radical (unpaired) electrons. The van der Waals surface area contributed by atoms with Gasteiger partial charge in [-0.25, -0.2) is 0 Å². The van der Waals surface area contributed by atoms with Gasteiger partial charge in [0.25, 0.3) is 0 Å². The number of hydrogen-bond donors (Lipinski definition) is 2. The predicted molar refractivity (Wildman–Crippen MR) is 102 cm³/mol. The number of hydrogen-bond acceptors (Lipinski definition) is 5. The summed E-state index contributed by atoms with van der Waals surface area (Å²) in [5.74, 6) is -0.768. The Hall–Kier alpha value is -2.69. The van der Waals surface area contributed by atoms with Gasteiger partial charge in [-0.2, -0.15) is 10.4 Å². The number of aryl methyl sites for hydroxylation is 1. The van der Waals surface area contributed by atoms with Gasteiger partial charge >= 0.3 is 5.97 Å². The minimum atomic E-state index is -0.768. The molecule has 7 nitrogen and oxygen atoms in total. The van der Waals surface area contributed by atoms with Crippen LogP contribution in [0.1, 0.15) is 30.9 Å². The number of nitriles is 1. The molecule has 0 saturated heterocycles. The quantitative estimate of drug-likeness (QED) is 0.741. The highest BCUT2D eigenvalue weighted by atomic mass is 16.4. The van der Waals surface area contributed by atoms with Gasteiger partial charge in [0, 0.05) is 43.0 Å². The molecular weight excluding hydrogens is 342 g/mol. The first-order valence-corrected chi connectivity index (χ1v) is 9.22. The molecule has 0 atom stereocenters. The minimum absolute atomic E-state index is 0.110. The van der Waals surface area contributed by atoms with E-state index in [4.69, 9.17) is 10.4 Å². The second-order valence-electron chi connectivity index (χ2n) is 7.03. The Balaban J connectivity index is 1.58. The fourth-order valence-electron chi connectivity index (χ4n) is 3.59. The number of aromatic nitrogens is 2. The Labute approximate surface area is 159 Å². The van der Waals surface area contributed by atoms with Crippen LogP contribution in [-0.2, 0) is 18.4 Å². The summed E-state index contributed by atoms with van der Waals surface area (Å²) in [6, 6.07) is 10.3. The molecule has 1 saturated carbocycles. The number of carbonyl (C=O) groups is 1. The summed E-state index contributed by atoms with van der Waals surface area (Å²) in [5, 5.41) is 26.1. The van der Waals surface area contributed by atoms with Gasteiger partial charge in [0.15, 0.2) is 0 Å². The Morgan fingerprint density at radius 3 is 2.70 bits per heavy atom. The number of carboxylic acid groups (broad SMARTS) is 1. The van der Waals surface area contributed by atoms with Crippen molar-refractivity contribution in [3.63, 3.8) is 0 Å². The van der Waals surface area contributed by atoms with Crippen LogP contribution >= 0.6 is 0 Å². The van der Waals surface area contributed by atoms with Crippen molar-refractivity contribution in [2.24, 2.45) is 7.05 Å². The van der Waals surface area contributed by atoms with Crippen molar-refractivity contribution in [2.45, 2.75) is 38.4 Å². The molecule has 0 spiro atoms.